The van der Waals surface area contributed by atoms with Crippen molar-refractivity contribution in [2.75, 3.05) is 26.4 Å². The van der Waals surface area contributed by atoms with Gasteiger partial charge in [0.1, 0.15) is 6.04 Å². The van der Waals surface area contributed by atoms with Crippen LogP contribution in [0.5, 0.6) is 0 Å². The van der Waals surface area contributed by atoms with Crippen molar-refractivity contribution in [3.8, 4) is 0 Å². The van der Waals surface area contributed by atoms with E-state index in [9.17, 15) is 18.0 Å². The molecule has 0 aliphatic carbocycles. The van der Waals surface area contributed by atoms with Gasteiger partial charge in [-0.05, 0) is 18.9 Å². The monoisotopic (exact) mass is 369 g/mol. The second-order valence-corrected chi connectivity index (χ2v) is 8.08. The number of amides is 2. The summed E-state index contributed by atoms with van der Waals surface area (Å²) in [6.45, 7) is 4.04. The first-order chi connectivity index (χ1) is 11.7. The van der Waals surface area contributed by atoms with Crippen LogP contribution in [0.15, 0.2) is 30.3 Å². The maximum atomic E-state index is 12.7. The standard InChI is InChI=1S/C17H27N3O4S/c1-5-11-18-17(22)14(2)20(12-15-9-7-6-8-10-15)16(21)13-19(3)25(4,23)24/h6-10,14H,5,11-13H2,1-4H3,(H,18,22)/t14-/m1/s1. The molecule has 7 nitrogen and oxygen atoms in total. The number of rotatable bonds is 9. The number of nitrogens with one attached hydrogen (secondary N) is 1. The molecule has 140 valence electrons. The van der Waals surface area contributed by atoms with Crippen LogP contribution < -0.4 is 5.32 Å². The normalized spacial score (nSPS) is 12.7. The lowest BCUT2D eigenvalue weighted by molar-refractivity contribution is -0.140. The van der Waals surface area contributed by atoms with Crippen molar-refractivity contribution in [3.05, 3.63) is 35.9 Å². The lowest BCUT2D eigenvalue weighted by atomic mass is 10.1. The Morgan fingerprint density at radius 2 is 1.80 bits per heavy atom. The first-order valence-electron chi connectivity index (χ1n) is 8.19. The Bertz CT molecular complexity index is 676. The lowest BCUT2D eigenvalue weighted by Gasteiger charge is -2.30. The van der Waals surface area contributed by atoms with Crippen LogP contribution in [0.4, 0.5) is 0 Å². The van der Waals surface area contributed by atoms with E-state index in [2.05, 4.69) is 5.32 Å². The average Bonchev–Trinajstić information content (AvgIpc) is 2.56. The molecule has 1 atom stereocenters. The largest absolute Gasteiger partial charge is 0.354 e. The summed E-state index contributed by atoms with van der Waals surface area (Å²) in [4.78, 5) is 26.4. The zero-order valence-corrected chi connectivity index (χ0v) is 16.0. The fourth-order valence-electron chi connectivity index (χ4n) is 2.16. The summed E-state index contributed by atoms with van der Waals surface area (Å²) in [6.07, 6.45) is 1.83. The number of sulfonamides is 1. The van der Waals surface area contributed by atoms with Gasteiger partial charge < -0.3 is 10.2 Å². The number of carbonyl (C=O) groups is 2. The van der Waals surface area contributed by atoms with Crippen LogP contribution in [0.1, 0.15) is 25.8 Å². The third-order valence-corrected chi connectivity index (χ3v) is 5.10. The second-order valence-electron chi connectivity index (χ2n) is 5.99. The molecule has 0 aromatic heterocycles. The van der Waals surface area contributed by atoms with E-state index in [1.54, 1.807) is 6.92 Å². The Morgan fingerprint density at radius 3 is 2.32 bits per heavy atom. The highest BCUT2D eigenvalue weighted by Crippen LogP contribution is 2.10. The highest BCUT2D eigenvalue weighted by atomic mass is 32.2. The van der Waals surface area contributed by atoms with E-state index < -0.39 is 22.0 Å². The van der Waals surface area contributed by atoms with Crippen LogP contribution in [0.2, 0.25) is 0 Å². The number of carbonyl (C=O) groups excluding carboxylic acids is 2. The van der Waals surface area contributed by atoms with E-state index in [4.69, 9.17) is 0 Å². The van der Waals surface area contributed by atoms with Gasteiger partial charge in [-0.2, -0.15) is 4.31 Å². The van der Waals surface area contributed by atoms with Gasteiger partial charge in [-0.3, -0.25) is 9.59 Å². The molecule has 0 heterocycles. The highest BCUT2D eigenvalue weighted by molar-refractivity contribution is 7.88. The number of hydrogen-bond acceptors (Lipinski definition) is 4. The molecule has 1 aromatic carbocycles. The molecule has 0 radical (unpaired) electrons. The third-order valence-electron chi connectivity index (χ3n) is 3.84. The van der Waals surface area contributed by atoms with Gasteiger partial charge in [-0.25, -0.2) is 8.42 Å². The van der Waals surface area contributed by atoms with E-state index in [-0.39, 0.29) is 19.0 Å². The summed E-state index contributed by atoms with van der Waals surface area (Å²) in [6, 6.07) is 8.58. The fraction of sp³-hybridized carbons (Fsp3) is 0.529. The Balaban J connectivity index is 2.97. The maximum Gasteiger partial charge on any atom is 0.242 e. The van der Waals surface area contributed by atoms with E-state index >= 15 is 0 Å². The fourth-order valence-corrected chi connectivity index (χ4v) is 2.50. The van der Waals surface area contributed by atoms with Gasteiger partial charge in [-0.1, -0.05) is 37.3 Å². The summed E-state index contributed by atoms with van der Waals surface area (Å²) in [7, 11) is -2.14. The lowest BCUT2D eigenvalue weighted by Crippen LogP contribution is -2.50. The molecule has 1 N–H and O–H groups in total. The predicted octanol–water partition coefficient (Wildman–Crippen LogP) is 0.821. The molecule has 1 rings (SSSR count). The Kier molecular flexibility index (Phi) is 8.05. The second kappa shape index (κ2) is 9.53. The van der Waals surface area contributed by atoms with Crippen LogP contribution in [0.3, 0.4) is 0 Å². The summed E-state index contributed by atoms with van der Waals surface area (Å²) in [5.74, 6) is -0.677. The van der Waals surface area contributed by atoms with Crippen LogP contribution >= 0.6 is 0 Å². The first-order valence-corrected chi connectivity index (χ1v) is 10.0. The molecular weight excluding hydrogens is 342 g/mol. The number of benzene rings is 1. The predicted molar refractivity (Wildman–Crippen MR) is 97.2 cm³/mol. The zero-order valence-electron chi connectivity index (χ0n) is 15.2. The molecule has 2 amide bonds. The van der Waals surface area contributed by atoms with Gasteiger partial charge >= 0.3 is 0 Å². The summed E-state index contributed by atoms with van der Waals surface area (Å²) < 4.78 is 24.1. The quantitative estimate of drug-likeness (QED) is 0.698. The third kappa shape index (κ3) is 6.83. The van der Waals surface area contributed by atoms with E-state index in [0.29, 0.717) is 6.54 Å². The van der Waals surface area contributed by atoms with Crippen molar-refractivity contribution >= 4 is 21.8 Å². The number of hydrogen-bond donors (Lipinski definition) is 1. The van der Waals surface area contributed by atoms with Gasteiger partial charge in [-0.15, -0.1) is 0 Å². The van der Waals surface area contributed by atoms with Gasteiger partial charge in [0.2, 0.25) is 21.8 Å². The minimum Gasteiger partial charge on any atom is -0.354 e. The molecule has 0 bridgehead atoms. The van der Waals surface area contributed by atoms with Crippen molar-refractivity contribution in [2.24, 2.45) is 0 Å². The smallest absolute Gasteiger partial charge is 0.242 e. The van der Waals surface area contributed by atoms with Crippen molar-refractivity contribution in [2.45, 2.75) is 32.9 Å². The minimum atomic E-state index is -3.48. The van der Waals surface area contributed by atoms with Crippen molar-refractivity contribution in [1.82, 2.24) is 14.5 Å². The molecule has 0 aliphatic heterocycles. The van der Waals surface area contributed by atoms with E-state index in [0.717, 1.165) is 22.5 Å². The molecule has 8 heteroatoms. The van der Waals surface area contributed by atoms with Crippen LogP contribution in [-0.2, 0) is 26.2 Å². The van der Waals surface area contributed by atoms with Crippen LogP contribution in [0.25, 0.3) is 0 Å². The van der Waals surface area contributed by atoms with Gasteiger partial charge in [0.05, 0.1) is 12.8 Å². The maximum absolute atomic E-state index is 12.7. The molecule has 0 spiro atoms. The molecule has 0 fully saturated rings. The van der Waals surface area contributed by atoms with Gasteiger partial charge in [0, 0.05) is 20.1 Å². The van der Waals surface area contributed by atoms with Crippen LogP contribution in [-0.4, -0.2) is 61.9 Å². The van der Waals surface area contributed by atoms with Gasteiger partial charge in [0.15, 0.2) is 0 Å². The molecule has 0 saturated heterocycles. The molecule has 25 heavy (non-hydrogen) atoms. The Morgan fingerprint density at radius 1 is 1.20 bits per heavy atom. The SMILES string of the molecule is CCCNC(=O)[C@@H](C)N(Cc1ccccc1)C(=O)CN(C)S(C)(=O)=O. The zero-order chi connectivity index (χ0) is 19.0. The summed E-state index contributed by atoms with van der Waals surface area (Å²) in [5.41, 5.74) is 0.869. The van der Waals surface area contributed by atoms with Crippen molar-refractivity contribution < 1.29 is 18.0 Å². The van der Waals surface area contributed by atoms with Gasteiger partial charge in [0.25, 0.3) is 0 Å². The van der Waals surface area contributed by atoms with E-state index in [1.807, 2.05) is 37.3 Å². The van der Waals surface area contributed by atoms with E-state index in [1.165, 1.54) is 11.9 Å². The molecule has 1 aromatic rings. The molecular formula is C17H27N3O4S. The summed E-state index contributed by atoms with van der Waals surface area (Å²) in [5, 5.41) is 2.77. The van der Waals surface area contributed by atoms with Crippen molar-refractivity contribution in [3.63, 3.8) is 0 Å². The topological polar surface area (TPSA) is 86.8 Å². The summed E-state index contributed by atoms with van der Waals surface area (Å²) >= 11 is 0. The average molecular weight is 369 g/mol. The number of nitrogens with zero attached hydrogens (tertiary/aromatic N) is 2. The molecule has 0 saturated carbocycles. The Hall–Kier alpha value is -1.93. The minimum absolute atomic E-state index is 0.234. The van der Waals surface area contributed by atoms with Crippen LogP contribution in [0, 0.1) is 0 Å². The Labute approximate surface area is 150 Å². The first kappa shape index (κ1) is 21.1. The number of likely N-dealkylation sites (N-methyl/N-ethyl adjacent to an activating group) is 1. The van der Waals surface area contributed by atoms with Crippen molar-refractivity contribution in [1.29, 1.82) is 0 Å². The molecule has 0 unspecified atom stereocenters. The highest BCUT2D eigenvalue weighted by Gasteiger charge is 2.28. The molecule has 0 aliphatic rings.